The number of carbonyl (C=O) groups excluding carboxylic acids is 2. The topological polar surface area (TPSA) is 222 Å². The van der Waals surface area contributed by atoms with Crippen molar-refractivity contribution in [3.8, 4) is 69.3 Å². The van der Waals surface area contributed by atoms with Gasteiger partial charge >= 0.3 is 11.9 Å². The van der Waals surface area contributed by atoms with Crippen LogP contribution in [0.25, 0.3) is 45.7 Å². The first kappa shape index (κ1) is 41.1. The molecule has 17 heteroatoms. The maximum Gasteiger partial charge on any atom is 0.323 e. The van der Waals surface area contributed by atoms with Crippen LogP contribution >= 0.6 is 0 Å². The van der Waals surface area contributed by atoms with Crippen molar-refractivity contribution in [1.29, 1.82) is 10.5 Å². The van der Waals surface area contributed by atoms with E-state index in [2.05, 4.69) is 32.4 Å². The maximum absolute atomic E-state index is 15.1. The molecule has 6 aromatic rings. The summed E-state index contributed by atoms with van der Waals surface area (Å²) >= 11 is 0. The molecule has 0 fully saturated rings. The van der Waals surface area contributed by atoms with Crippen molar-refractivity contribution in [3.63, 3.8) is 0 Å². The maximum atomic E-state index is 15.1. The lowest BCUT2D eigenvalue weighted by molar-refractivity contribution is -0.153. The Labute approximate surface area is 335 Å². The molecule has 6 rings (SSSR count). The third-order valence-electron chi connectivity index (χ3n) is 8.29. The minimum absolute atomic E-state index is 0.0130. The Balaban J connectivity index is 0.983. The summed E-state index contributed by atoms with van der Waals surface area (Å²) in [5.41, 5.74) is 7.88. The molecule has 0 bridgehead atoms. The van der Waals surface area contributed by atoms with Crippen molar-refractivity contribution < 1.29 is 46.4 Å². The fourth-order valence-corrected chi connectivity index (χ4v) is 5.52. The Morgan fingerprint density at radius 2 is 1.15 bits per heavy atom. The number of halogens is 2. The number of carbonyl (C=O) groups is 2. The van der Waals surface area contributed by atoms with Crippen molar-refractivity contribution in [3.05, 3.63) is 107 Å². The molecule has 0 aliphatic carbocycles. The summed E-state index contributed by atoms with van der Waals surface area (Å²) in [7, 11) is 0. The smallest absolute Gasteiger partial charge is 0.323 e. The van der Waals surface area contributed by atoms with Crippen molar-refractivity contribution in [2.75, 3.05) is 0 Å². The standard InChI is InChI=1S/C42H35F2N7O8/c1-22(2)56-35-11-7-26(15-28(35)18-45)40-48-38(50-58-40)30-9-5-24(13-32(30)43)20-54-37(52)17-34(47)42(53)55-21-25-6-10-31(33(44)14-25)39-49-41(59-51-39)27-8-12-36(57-23(3)4)29(16-27)19-46/h5-16,22-23,34H,17,20-21,47H2,1-4H3/t34-/m0/s1. The van der Waals surface area contributed by atoms with Crippen molar-refractivity contribution in [1.82, 2.24) is 20.3 Å². The second kappa shape index (κ2) is 18.2. The van der Waals surface area contributed by atoms with E-state index < -0.39 is 36.0 Å². The van der Waals surface area contributed by atoms with E-state index in [9.17, 15) is 20.1 Å². The Morgan fingerprint density at radius 3 is 1.58 bits per heavy atom. The summed E-state index contributed by atoms with van der Waals surface area (Å²) in [4.78, 5) is 33.5. The largest absolute Gasteiger partial charge is 0.490 e. The highest BCUT2D eigenvalue weighted by molar-refractivity contribution is 5.82. The summed E-state index contributed by atoms with van der Waals surface area (Å²) in [6.45, 7) is 6.67. The van der Waals surface area contributed by atoms with Crippen molar-refractivity contribution in [2.45, 2.75) is 65.6 Å². The molecule has 0 aliphatic heterocycles. The van der Waals surface area contributed by atoms with E-state index in [0.717, 1.165) is 12.1 Å². The number of nitrogens with two attached hydrogens (primary N) is 1. The number of hydrogen-bond acceptors (Lipinski definition) is 15. The van der Waals surface area contributed by atoms with Crippen LogP contribution in [0.1, 0.15) is 56.4 Å². The molecule has 4 aromatic carbocycles. The van der Waals surface area contributed by atoms with Crippen molar-refractivity contribution >= 4 is 11.9 Å². The number of benzene rings is 4. The Bertz CT molecular complexity index is 2590. The van der Waals surface area contributed by atoms with Gasteiger partial charge in [0.25, 0.3) is 11.8 Å². The van der Waals surface area contributed by atoms with E-state index in [1.807, 2.05) is 27.7 Å². The molecule has 1 atom stereocenters. The number of hydrogen-bond donors (Lipinski definition) is 1. The first-order chi connectivity index (χ1) is 28.3. The van der Waals surface area contributed by atoms with Gasteiger partial charge in [-0.1, -0.05) is 22.4 Å². The van der Waals surface area contributed by atoms with Crippen LogP contribution in [0.4, 0.5) is 8.78 Å². The average Bonchev–Trinajstić information content (AvgIpc) is 3.90. The van der Waals surface area contributed by atoms with Gasteiger partial charge in [-0.15, -0.1) is 0 Å². The highest BCUT2D eigenvalue weighted by atomic mass is 19.1. The Hall–Kier alpha value is -7.50. The third-order valence-corrected chi connectivity index (χ3v) is 8.29. The fourth-order valence-electron chi connectivity index (χ4n) is 5.52. The zero-order chi connectivity index (χ0) is 42.2. The van der Waals surface area contributed by atoms with Gasteiger partial charge in [-0.05, 0) is 99.5 Å². The first-order valence-electron chi connectivity index (χ1n) is 18.1. The SMILES string of the molecule is CC(C)Oc1ccc(-c2nc(-c3ccc(COC(=O)C[C@H](N)C(=O)OCc4ccc(-c5noc(-c6ccc(OC(C)C)c(C#N)c6)n5)c(F)c4)cc3F)no2)cc1C#N. The summed E-state index contributed by atoms with van der Waals surface area (Å²) in [6.07, 6.45) is -0.817. The van der Waals surface area contributed by atoms with Gasteiger partial charge in [0.15, 0.2) is 0 Å². The monoisotopic (exact) mass is 803 g/mol. The predicted molar refractivity (Wildman–Crippen MR) is 203 cm³/mol. The molecule has 0 amide bonds. The quantitative estimate of drug-likeness (QED) is 0.101. The molecule has 0 saturated carbocycles. The predicted octanol–water partition coefficient (Wildman–Crippen LogP) is 7.22. The summed E-state index contributed by atoms with van der Waals surface area (Å²) in [5, 5.41) is 26.8. The average molecular weight is 804 g/mol. The number of rotatable bonds is 15. The molecule has 0 radical (unpaired) electrons. The number of aromatic nitrogens is 4. The lowest BCUT2D eigenvalue weighted by atomic mass is 10.1. The molecule has 15 nitrogen and oxygen atoms in total. The van der Waals surface area contributed by atoms with Crippen LogP contribution in [-0.2, 0) is 32.3 Å². The minimum Gasteiger partial charge on any atom is -0.490 e. The third kappa shape index (κ3) is 10.1. The van der Waals surface area contributed by atoms with E-state index in [-0.39, 0.29) is 76.7 Å². The van der Waals surface area contributed by atoms with Crippen LogP contribution in [0.5, 0.6) is 11.5 Å². The van der Waals surface area contributed by atoms with Gasteiger partial charge in [-0.3, -0.25) is 9.59 Å². The normalized spacial score (nSPS) is 11.5. The van der Waals surface area contributed by atoms with Crippen LogP contribution in [-0.4, -0.2) is 50.5 Å². The van der Waals surface area contributed by atoms with Crippen LogP contribution in [0, 0.1) is 34.3 Å². The molecule has 0 saturated heterocycles. The molecule has 0 unspecified atom stereocenters. The zero-order valence-electron chi connectivity index (χ0n) is 32.1. The lowest BCUT2D eigenvalue weighted by Gasteiger charge is -2.12. The number of nitriles is 2. The van der Waals surface area contributed by atoms with Gasteiger partial charge in [0.2, 0.25) is 11.6 Å². The van der Waals surface area contributed by atoms with E-state index in [0.29, 0.717) is 28.2 Å². The molecule has 0 spiro atoms. The lowest BCUT2D eigenvalue weighted by Crippen LogP contribution is -2.35. The molecule has 300 valence electrons. The second-order valence-electron chi connectivity index (χ2n) is 13.5. The van der Waals surface area contributed by atoms with E-state index in [1.165, 1.54) is 36.4 Å². The molecular weight excluding hydrogens is 768 g/mol. The van der Waals surface area contributed by atoms with Crippen LogP contribution in [0.2, 0.25) is 0 Å². The molecule has 2 N–H and O–H groups in total. The molecule has 2 heterocycles. The van der Waals surface area contributed by atoms with E-state index >= 15 is 8.78 Å². The summed E-state index contributed by atoms with van der Waals surface area (Å²) in [5.74, 6) is -2.39. The number of esters is 2. The zero-order valence-corrected chi connectivity index (χ0v) is 32.1. The van der Waals surface area contributed by atoms with Gasteiger partial charge in [0.1, 0.15) is 54.5 Å². The number of nitrogens with zero attached hydrogens (tertiary/aromatic N) is 6. The van der Waals surface area contributed by atoms with E-state index in [4.69, 9.17) is 33.7 Å². The van der Waals surface area contributed by atoms with Crippen LogP contribution in [0.15, 0.2) is 81.8 Å². The highest BCUT2D eigenvalue weighted by Crippen LogP contribution is 2.31. The summed E-state index contributed by atoms with van der Waals surface area (Å²) < 4.78 is 62.5. The highest BCUT2D eigenvalue weighted by Gasteiger charge is 2.22. The van der Waals surface area contributed by atoms with Crippen LogP contribution < -0.4 is 15.2 Å². The van der Waals surface area contributed by atoms with Gasteiger partial charge in [0.05, 0.1) is 40.9 Å². The fraction of sp³-hybridized carbons (Fsp3) is 0.238. The van der Waals surface area contributed by atoms with Crippen molar-refractivity contribution in [2.24, 2.45) is 5.73 Å². The van der Waals surface area contributed by atoms with Gasteiger partial charge in [-0.2, -0.15) is 20.5 Å². The molecule has 59 heavy (non-hydrogen) atoms. The molecule has 2 aromatic heterocycles. The minimum atomic E-state index is -1.40. The molecule has 0 aliphatic rings. The number of ether oxygens (including phenoxy) is 4. The van der Waals surface area contributed by atoms with E-state index in [1.54, 1.807) is 24.3 Å². The van der Waals surface area contributed by atoms with Crippen LogP contribution in [0.3, 0.4) is 0 Å². The second-order valence-corrected chi connectivity index (χ2v) is 13.5. The Kier molecular flexibility index (Phi) is 12.7. The van der Waals surface area contributed by atoms with Gasteiger partial charge < -0.3 is 33.7 Å². The summed E-state index contributed by atoms with van der Waals surface area (Å²) in [6, 6.07) is 20.3. The van der Waals surface area contributed by atoms with Gasteiger partial charge in [0, 0.05) is 11.1 Å². The van der Waals surface area contributed by atoms with Gasteiger partial charge in [-0.25, -0.2) is 8.78 Å². The first-order valence-corrected chi connectivity index (χ1v) is 18.1. The Morgan fingerprint density at radius 1 is 0.695 bits per heavy atom. The molecular formula is C42H35F2N7O8.